The van der Waals surface area contributed by atoms with Gasteiger partial charge >= 0.3 is 0 Å². The van der Waals surface area contributed by atoms with E-state index in [1.807, 2.05) is 18.2 Å². The standard InChI is InChI=1S/C21H26N6/c22-14-16-5-3-7-18(13-16)25-21-23-10-9-20(26-21)24-15-17-6-4-12-27-11-2-1-8-19(17)27/h3,5,7,9-10,13,17,19H,1-2,4,6,8,11-12,15H2,(H2,23,24,25,26)/t17-,19+/m0/s1. The number of hydrogen-bond acceptors (Lipinski definition) is 6. The van der Waals surface area contributed by atoms with Crippen LogP contribution in [0.2, 0.25) is 0 Å². The van der Waals surface area contributed by atoms with Crippen LogP contribution in [0, 0.1) is 17.2 Å². The molecule has 1 aromatic carbocycles. The lowest BCUT2D eigenvalue weighted by atomic mass is 9.83. The third-order valence-electron chi connectivity index (χ3n) is 5.68. The molecule has 0 saturated carbocycles. The Labute approximate surface area is 160 Å². The van der Waals surface area contributed by atoms with E-state index in [0.717, 1.165) is 24.1 Å². The van der Waals surface area contributed by atoms with Crippen LogP contribution >= 0.6 is 0 Å². The Bertz CT molecular complexity index is 812. The number of aromatic nitrogens is 2. The van der Waals surface area contributed by atoms with Gasteiger partial charge in [0.2, 0.25) is 5.95 Å². The summed E-state index contributed by atoms with van der Waals surface area (Å²) in [6.45, 7) is 3.50. The first kappa shape index (κ1) is 17.7. The van der Waals surface area contributed by atoms with Gasteiger partial charge in [0, 0.05) is 24.5 Å². The number of fused-ring (bicyclic) bond motifs is 1. The number of anilines is 3. The summed E-state index contributed by atoms with van der Waals surface area (Å²) in [7, 11) is 0. The van der Waals surface area contributed by atoms with Crippen LogP contribution < -0.4 is 10.6 Å². The molecule has 0 unspecified atom stereocenters. The van der Waals surface area contributed by atoms with E-state index in [1.54, 1.807) is 18.3 Å². The molecule has 1 aromatic heterocycles. The fourth-order valence-electron chi connectivity index (χ4n) is 4.36. The van der Waals surface area contributed by atoms with Gasteiger partial charge in [0.25, 0.3) is 0 Å². The molecule has 2 aromatic rings. The molecule has 27 heavy (non-hydrogen) atoms. The van der Waals surface area contributed by atoms with Gasteiger partial charge in [-0.3, -0.25) is 0 Å². The molecular weight excluding hydrogens is 336 g/mol. The number of hydrogen-bond donors (Lipinski definition) is 2. The highest BCUT2D eigenvalue weighted by Gasteiger charge is 2.32. The highest BCUT2D eigenvalue weighted by atomic mass is 15.2. The molecule has 4 rings (SSSR count). The number of nitrogens with zero attached hydrogens (tertiary/aromatic N) is 4. The van der Waals surface area contributed by atoms with Gasteiger partial charge in [-0.2, -0.15) is 10.2 Å². The predicted octanol–water partition coefficient (Wildman–Crippen LogP) is 3.77. The van der Waals surface area contributed by atoms with Gasteiger partial charge in [0.05, 0.1) is 11.6 Å². The fourth-order valence-corrected chi connectivity index (χ4v) is 4.36. The molecule has 0 spiro atoms. The van der Waals surface area contributed by atoms with E-state index in [1.165, 1.54) is 45.2 Å². The number of piperidine rings is 2. The summed E-state index contributed by atoms with van der Waals surface area (Å²) in [5.41, 5.74) is 1.43. The van der Waals surface area contributed by atoms with Crippen LogP contribution in [-0.2, 0) is 0 Å². The molecule has 2 fully saturated rings. The molecule has 2 aliphatic heterocycles. The number of nitriles is 1. The topological polar surface area (TPSA) is 76.9 Å². The van der Waals surface area contributed by atoms with E-state index in [0.29, 0.717) is 17.4 Å². The highest BCUT2D eigenvalue weighted by Crippen LogP contribution is 2.31. The summed E-state index contributed by atoms with van der Waals surface area (Å²) in [5, 5.41) is 15.7. The minimum Gasteiger partial charge on any atom is -0.370 e. The van der Waals surface area contributed by atoms with Crippen LogP contribution in [0.4, 0.5) is 17.5 Å². The smallest absolute Gasteiger partial charge is 0.229 e. The quantitative estimate of drug-likeness (QED) is 0.843. The lowest BCUT2D eigenvalue weighted by Gasteiger charge is -2.44. The van der Waals surface area contributed by atoms with Crippen molar-refractivity contribution in [3.8, 4) is 6.07 Å². The van der Waals surface area contributed by atoms with E-state index >= 15 is 0 Å². The van der Waals surface area contributed by atoms with Crippen molar-refractivity contribution < 1.29 is 0 Å². The second kappa shape index (κ2) is 8.36. The van der Waals surface area contributed by atoms with Gasteiger partial charge in [-0.15, -0.1) is 0 Å². The molecule has 0 amide bonds. The Morgan fingerprint density at radius 1 is 1.15 bits per heavy atom. The molecule has 6 nitrogen and oxygen atoms in total. The molecule has 0 aliphatic carbocycles. The Morgan fingerprint density at radius 2 is 2.07 bits per heavy atom. The molecule has 0 bridgehead atoms. The third kappa shape index (κ3) is 4.37. The highest BCUT2D eigenvalue weighted by molar-refractivity contribution is 5.57. The minimum absolute atomic E-state index is 0.540. The molecule has 0 radical (unpaired) electrons. The van der Waals surface area contributed by atoms with E-state index in [4.69, 9.17) is 5.26 Å². The summed E-state index contributed by atoms with van der Waals surface area (Å²) >= 11 is 0. The van der Waals surface area contributed by atoms with Crippen LogP contribution in [0.3, 0.4) is 0 Å². The molecule has 6 heteroatoms. The van der Waals surface area contributed by atoms with Crippen LogP contribution in [0.5, 0.6) is 0 Å². The first-order valence-electron chi connectivity index (χ1n) is 9.90. The average molecular weight is 362 g/mol. The first-order valence-corrected chi connectivity index (χ1v) is 9.90. The zero-order chi connectivity index (χ0) is 18.5. The summed E-state index contributed by atoms with van der Waals surface area (Å²) in [6, 6.07) is 12.1. The lowest BCUT2D eigenvalue weighted by Crippen LogP contribution is -2.49. The van der Waals surface area contributed by atoms with E-state index in [-0.39, 0.29) is 0 Å². The minimum atomic E-state index is 0.540. The van der Waals surface area contributed by atoms with Gasteiger partial charge in [-0.25, -0.2) is 4.98 Å². The first-order chi connectivity index (χ1) is 13.3. The zero-order valence-corrected chi connectivity index (χ0v) is 15.6. The molecule has 140 valence electrons. The average Bonchev–Trinajstić information content (AvgIpc) is 2.72. The van der Waals surface area contributed by atoms with Crippen LogP contribution in [0.15, 0.2) is 36.5 Å². The summed E-state index contributed by atoms with van der Waals surface area (Å²) in [6.07, 6.45) is 8.41. The maximum absolute atomic E-state index is 9.03. The maximum atomic E-state index is 9.03. The molecule has 2 atom stereocenters. The number of nitrogens with one attached hydrogen (secondary N) is 2. The van der Waals surface area contributed by atoms with Crippen molar-refractivity contribution in [2.75, 3.05) is 30.3 Å². The Morgan fingerprint density at radius 3 is 3.00 bits per heavy atom. The van der Waals surface area contributed by atoms with E-state index < -0.39 is 0 Å². The van der Waals surface area contributed by atoms with Crippen LogP contribution in [0.25, 0.3) is 0 Å². The summed E-state index contributed by atoms with van der Waals surface area (Å²) in [5.74, 6) is 2.08. The Balaban J connectivity index is 1.38. The molecule has 2 N–H and O–H groups in total. The van der Waals surface area contributed by atoms with Crippen LogP contribution in [0.1, 0.15) is 37.7 Å². The fraction of sp³-hybridized carbons (Fsp3) is 0.476. The van der Waals surface area contributed by atoms with Crippen molar-refractivity contribution in [1.82, 2.24) is 14.9 Å². The largest absolute Gasteiger partial charge is 0.370 e. The molecular formula is C21H26N6. The van der Waals surface area contributed by atoms with Gasteiger partial charge in [0.15, 0.2) is 0 Å². The lowest BCUT2D eigenvalue weighted by molar-refractivity contribution is 0.0649. The molecule has 2 saturated heterocycles. The van der Waals surface area contributed by atoms with Crippen molar-refractivity contribution in [1.29, 1.82) is 5.26 Å². The molecule has 3 heterocycles. The predicted molar refractivity (Wildman–Crippen MR) is 107 cm³/mol. The van der Waals surface area contributed by atoms with Gasteiger partial charge < -0.3 is 15.5 Å². The van der Waals surface area contributed by atoms with Gasteiger partial charge in [-0.05, 0) is 69.0 Å². The Hall–Kier alpha value is -2.65. The van der Waals surface area contributed by atoms with Crippen molar-refractivity contribution in [3.05, 3.63) is 42.1 Å². The SMILES string of the molecule is N#Cc1cccc(Nc2nccc(NC[C@@H]3CCCN4CCCC[C@H]34)n2)c1. The maximum Gasteiger partial charge on any atom is 0.229 e. The normalized spacial score (nSPS) is 22.5. The second-order valence-electron chi connectivity index (χ2n) is 7.47. The number of rotatable bonds is 5. The summed E-state index contributed by atoms with van der Waals surface area (Å²) < 4.78 is 0. The van der Waals surface area contributed by atoms with Gasteiger partial charge in [-0.1, -0.05) is 12.5 Å². The second-order valence-corrected chi connectivity index (χ2v) is 7.47. The van der Waals surface area contributed by atoms with Crippen LogP contribution in [-0.4, -0.2) is 40.5 Å². The number of benzene rings is 1. The van der Waals surface area contributed by atoms with Crippen molar-refractivity contribution >= 4 is 17.5 Å². The van der Waals surface area contributed by atoms with Crippen molar-refractivity contribution in [2.45, 2.75) is 38.1 Å². The Kier molecular flexibility index (Phi) is 5.50. The summed E-state index contributed by atoms with van der Waals surface area (Å²) in [4.78, 5) is 11.6. The monoisotopic (exact) mass is 362 g/mol. The van der Waals surface area contributed by atoms with Crippen molar-refractivity contribution in [3.63, 3.8) is 0 Å². The zero-order valence-electron chi connectivity index (χ0n) is 15.6. The van der Waals surface area contributed by atoms with Crippen molar-refractivity contribution in [2.24, 2.45) is 5.92 Å². The third-order valence-corrected chi connectivity index (χ3v) is 5.68. The molecule has 2 aliphatic rings. The van der Waals surface area contributed by atoms with Gasteiger partial charge in [0.1, 0.15) is 5.82 Å². The van der Waals surface area contributed by atoms with E-state index in [2.05, 4.69) is 31.6 Å². The van der Waals surface area contributed by atoms with E-state index in [9.17, 15) is 0 Å².